The largest absolute Gasteiger partial charge is 0.444 e. The number of carbonyl (C=O) groups is 1. The molecule has 1 N–H and O–H groups in total. The van der Waals surface area contributed by atoms with Crippen LogP contribution in [-0.2, 0) is 10.3 Å². The van der Waals surface area contributed by atoms with Crippen LogP contribution in [0.3, 0.4) is 0 Å². The SMILES string of the molecule is CCC(c1nc(C2(NC(=O)OC(C)(C)C)CCCC2)no1)N(C)C. The smallest absolute Gasteiger partial charge is 0.408 e. The molecule has 136 valence electrons. The van der Waals surface area contributed by atoms with E-state index in [0.29, 0.717) is 11.7 Å². The third-order valence-corrected chi connectivity index (χ3v) is 4.36. The molecule has 0 radical (unpaired) electrons. The average molecular weight is 338 g/mol. The maximum absolute atomic E-state index is 12.3. The molecule has 1 unspecified atom stereocenters. The van der Waals surface area contributed by atoms with Crippen LogP contribution in [0.5, 0.6) is 0 Å². The lowest BCUT2D eigenvalue weighted by molar-refractivity contribution is 0.0446. The van der Waals surface area contributed by atoms with Gasteiger partial charge in [0.25, 0.3) is 0 Å². The van der Waals surface area contributed by atoms with Crippen LogP contribution in [-0.4, -0.2) is 40.8 Å². The molecule has 0 bridgehead atoms. The van der Waals surface area contributed by atoms with Crippen LogP contribution in [0.4, 0.5) is 4.79 Å². The van der Waals surface area contributed by atoms with Crippen molar-refractivity contribution in [2.45, 2.75) is 77.0 Å². The van der Waals surface area contributed by atoms with E-state index in [9.17, 15) is 4.79 Å². The van der Waals surface area contributed by atoms with E-state index < -0.39 is 17.2 Å². The van der Waals surface area contributed by atoms with Gasteiger partial charge in [-0.25, -0.2) is 4.79 Å². The first kappa shape index (κ1) is 18.7. The normalized spacial score (nSPS) is 18.6. The van der Waals surface area contributed by atoms with Gasteiger partial charge in [-0.3, -0.25) is 4.90 Å². The lowest BCUT2D eigenvalue weighted by atomic mass is 9.97. The highest BCUT2D eigenvalue weighted by molar-refractivity contribution is 5.69. The molecule has 7 heteroatoms. The highest BCUT2D eigenvalue weighted by Crippen LogP contribution is 2.38. The zero-order valence-corrected chi connectivity index (χ0v) is 15.7. The van der Waals surface area contributed by atoms with Crippen molar-refractivity contribution in [1.82, 2.24) is 20.4 Å². The van der Waals surface area contributed by atoms with E-state index in [4.69, 9.17) is 9.26 Å². The van der Waals surface area contributed by atoms with Crippen LogP contribution in [0, 0.1) is 0 Å². The summed E-state index contributed by atoms with van der Waals surface area (Å²) in [5, 5.41) is 7.19. The number of nitrogens with zero attached hydrogens (tertiary/aromatic N) is 3. The summed E-state index contributed by atoms with van der Waals surface area (Å²) in [5.41, 5.74) is -1.13. The molecule has 1 fully saturated rings. The topological polar surface area (TPSA) is 80.5 Å². The van der Waals surface area contributed by atoms with Gasteiger partial charge in [-0.05, 0) is 54.1 Å². The number of alkyl carbamates (subject to hydrolysis) is 1. The quantitative estimate of drug-likeness (QED) is 0.886. The van der Waals surface area contributed by atoms with Crippen LogP contribution in [0.1, 0.15) is 77.6 Å². The van der Waals surface area contributed by atoms with E-state index in [0.717, 1.165) is 32.1 Å². The van der Waals surface area contributed by atoms with Crippen molar-refractivity contribution in [2.24, 2.45) is 0 Å². The molecule has 1 aliphatic rings. The van der Waals surface area contributed by atoms with Crippen molar-refractivity contribution >= 4 is 6.09 Å². The van der Waals surface area contributed by atoms with Gasteiger partial charge in [0.2, 0.25) is 5.89 Å². The number of ether oxygens (including phenoxy) is 1. The van der Waals surface area contributed by atoms with Crippen LogP contribution < -0.4 is 5.32 Å². The van der Waals surface area contributed by atoms with E-state index in [1.807, 2.05) is 34.9 Å². The maximum Gasteiger partial charge on any atom is 0.408 e. The Balaban J connectivity index is 2.21. The van der Waals surface area contributed by atoms with Crippen LogP contribution in [0.15, 0.2) is 4.52 Å². The Morgan fingerprint density at radius 2 is 2.00 bits per heavy atom. The number of nitrogens with one attached hydrogen (secondary N) is 1. The van der Waals surface area contributed by atoms with Gasteiger partial charge in [0, 0.05) is 0 Å². The second-order valence-corrected chi connectivity index (χ2v) is 7.76. The number of carbonyl (C=O) groups excluding carboxylic acids is 1. The predicted molar refractivity (Wildman–Crippen MR) is 90.5 cm³/mol. The zero-order chi connectivity index (χ0) is 18.0. The first-order valence-electron chi connectivity index (χ1n) is 8.68. The summed E-state index contributed by atoms with van der Waals surface area (Å²) in [6.07, 6.45) is 4.07. The molecule has 2 rings (SSSR count). The van der Waals surface area contributed by atoms with Gasteiger partial charge in [0.15, 0.2) is 5.82 Å². The Morgan fingerprint density at radius 1 is 1.38 bits per heavy atom. The van der Waals surface area contributed by atoms with Gasteiger partial charge in [0.05, 0.1) is 6.04 Å². The van der Waals surface area contributed by atoms with E-state index >= 15 is 0 Å². The van der Waals surface area contributed by atoms with E-state index in [-0.39, 0.29) is 6.04 Å². The third-order valence-electron chi connectivity index (χ3n) is 4.36. The summed E-state index contributed by atoms with van der Waals surface area (Å²) in [5.74, 6) is 1.15. The van der Waals surface area contributed by atoms with Gasteiger partial charge in [0.1, 0.15) is 11.1 Å². The molecule has 1 amide bonds. The molecular formula is C17H30N4O3. The number of hydrogen-bond acceptors (Lipinski definition) is 6. The van der Waals surface area contributed by atoms with Gasteiger partial charge < -0.3 is 14.6 Å². The lowest BCUT2D eigenvalue weighted by Crippen LogP contribution is -2.46. The van der Waals surface area contributed by atoms with Crippen molar-refractivity contribution in [1.29, 1.82) is 0 Å². The fourth-order valence-electron chi connectivity index (χ4n) is 3.21. The Bertz CT molecular complexity index is 556. The molecule has 24 heavy (non-hydrogen) atoms. The van der Waals surface area contributed by atoms with Gasteiger partial charge in [-0.15, -0.1) is 0 Å². The maximum atomic E-state index is 12.3. The van der Waals surface area contributed by atoms with E-state index in [2.05, 4.69) is 27.3 Å². The van der Waals surface area contributed by atoms with Crippen molar-refractivity contribution in [3.8, 4) is 0 Å². The third kappa shape index (κ3) is 4.26. The van der Waals surface area contributed by atoms with Crippen molar-refractivity contribution < 1.29 is 14.1 Å². The summed E-state index contributed by atoms with van der Waals surface area (Å²) in [6, 6.07) is 0.0752. The molecule has 1 aliphatic carbocycles. The molecule has 7 nitrogen and oxygen atoms in total. The zero-order valence-electron chi connectivity index (χ0n) is 15.7. The van der Waals surface area contributed by atoms with Gasteiger partial charge in [-0.1, -0.05) is 24.9 Å². The van der Waals surface area contributed by atoms with E-state index in [1.165, 1.54) is 0 Å². The molecule has 1 aromatic heterocycles. The first-order valence-corrected chi connectivity index (χ1v) is 8.68. The fraction of sp³-hybridized carbons (Fsp3) is 0.824. The molecule has 1 atom stereocenters. The standard InChI is InChI=1S/C17H30N4O3/c1-7-12(21(5)6)13-18-14(20-24-13)17(10-8-9-11-17)19-15(22)23-16(2,3)4/h12H,7-11H2,1-6H3,(H,19,22). The first-order chi connectivity index (χ1) is 11.2. The molecule has 1 saturated carbocycles. The van der Waals surface area contributed by atoms with Crippen LogP contribution in [0.2, 0.25) is 0 Å². The van der Waals surface area contributed by atoms with Crippen molar-refractivity contribution in [3.63, 3.8) is 0 Å². The van der Waals surface area contributed by atoms with Crippen LogP contribution in [0.25, 0.3) is 0 Å². The molecule has 1 aromatic rings. The monoisotopic (exact) mass is 338 g/mol. The number of hydrogen-bond donors (Lipinski definition) is 1. The summed E-state index contributed by atoms with van der Waals surface area (Å²) in [7, 11) is 3.98. The molecule has 0 saturated heterocycles. The van der Waals surface area contributed by atoms with Crippen LogP contribution >= 0.6 is 0 Å². The van der Waals surface area contributed by atoms with Gasteiger partial charge >= 0.3 is 6.09 Å². The minimum absolute atomic E-state index is 0.0752. The average Bonchev–Trinajstić information content (AvgIpc) is 3.07. The fourth-order valence-corrected chi connectivity index (χ4v) is 3.21. The second kappa shape index (κ2) is 7.09. The highest BCUT2D eigenvalue weighted by Gasteiger charge is 2.42. The molecule has 0 spiro atoms. The summed E-state index contributed by atoms with van der Waals surface area (Å²) >= 11 is 0. The molecule has 0 aromatic carbocycles. The van der Waals surface area contributed by atoms with Crippen molar-refractivity contribution in [2.75, 3.05) is 14.1 Å². The highest BCUT2D eigenvalue weighted by atomic mass is 16.6. The van der Waals surface area contributed by atoms with Gasteiger partial charge in [-0.2, -0.15) is 4.98 Å². The number of amides is 1. The minimum Gasteiger partial charge on any atom is -0.444 e. The molecule has 0 aliphatic heterocycles. The Kier molecular flexibility index (Phi) is 5.52. The number of rotatable bonds is 5. The Hall–Kier alpha value is -1.63. The molecular weight excluding hydrogens is 308 g/mol. The lowest BCUT2D eigenvalue weighted by Gasteiger charge is -2.29. The molecule has 1 heterocycles. The Labute approximate surface area is 144 Å². The number of aromatic nitrogens is 2. The summed E-state index contributed by atoms with van der Waals surface area (Å²) in [6.45, 7) is 7.63. The predicted octanol–water partition coefficient (Wildman–Crippen LogP) is 3.38. The van der Waals surface area contributed by atoms with E-state index in [1.54, 1.807) is 0 Å². The second-order valence-electron chi connectivity index (χ2n) is 7.76. The summed E-state index contributed by atoms with van der Waals surface area (Å²) < 4.78 is 10.9. The van der Waals surface area contributed by atoms with Crippen molar-refractivity contribution in [3.05, 3.63) is 11.7 Å². The minimum atomic E-state index is -0.589. The Morgan fingerprint density at radius 3 is 2.50 bits per heavy atom. The summed E-state index contributed by atoms with van der Waals surface area (Å²) in [4.78, 5) is 18.9.